The van der Waals surface area contributed by atoms with Gasteiger partial charge >= 0.3 is 5.97 Å². The van der Waals surface area contributed by atoms with Crippen molar-refractivity contribution in [1.82, 2.24) is 0 Å². The average molecular weight is 381 g/mol. The molecule has 3 rings (SSSR count). The zero-order chi connectivity index (χ0) is 20.0. The van der Waals surface area contributed by atoms with E-state index in [9.17, 15) is 9.59 Å². The van der Waals surface area contributed by atoms with E-state index in [0.29, 0.717) is 26.0 Å². The Balaban J connectivity index is 1.63. The maximum absolute atomic E-state index is 12.8. The number of nitrogens with one attached hydrogen (secondary N) is 2. The highest BCUT2D eigenvalue weighted by atomic mass is 16.5. The summed E-state index contributed by atoms with van der Waals surface area (Å²) in [6.07, 6.45) is 1.37. The van der Waals surface area contributed by atoms with Gasteiger partial charge in [-0.1, -0.05) is 48.0 Å². The number of hydrogen-bond donors (Lipinski definition) is 2. The summed E-state index contributed by atoms with van der Waals surface area (Å²) in [5, 5.41) is 2.96. The number of ether oxygens (including phenoxy) is 1. The van der Waals surface area contributed by atoms with Gasteiger partial charge < -0.3 is 15.0 Å². The topological polar surface area (TPSA) is 59.8 Å². The van der Waals surface area contributed by atoms with Crippen LogP contribution in [0.25, 0.3) is 0 Å². The Bertz CT molecular complexity index is 794. The van der Waals surface area contributed by atoms with Crippen LogP contribution in [0.5, 0.6) is 0 Å². The maximum Gasteiger partial charge on any atom is 0.317 e. The molecule has 0 radical (unpaired) electrons. The quantitative estimate of drug-likeness (QED) is 0.754. The zero-order valence-corrected chi connectivity index (χ0v) is 16.7. The lowest BCUT2D eigenvalue weighted by atomic mass is 9.72. The van der Waals surface area contributed by atoms with Gasteiger partial charge in [0.1, 0.15) is 5.41 Å². The summed E-state index contributed by atoms with van der Waals surface area (Å²) in [6.45, 7) is 6.16. The largest absolute Gasteiger partial charge is 0.465 e. The third kappa shape index (κ3) is 4.60. The van der Waals surface area contributed by atoms with Crippen molar-refractivity contribution >= 4 is 17.6 Å². The van der Waals surface area contributed by atoms with Gasteiger partial charge in [-0.15, -0.1) is 0 Å². The molecule has 28 heavy (non-hydrogen) atoms. The van der Waals surface area contributed by atoms with Crippen molar-refractivity contribution < 1.29 is 19.2 Å². The van der Waals surface area contributed by atoms with E-state index in [1.165, 1.54) is 4.90 Å². The van der Waals surface area contributed by atoms with Crippen LogP contribution < -0.4 is 10.2 Å². The first kappa shape index (κ1) is 20.1. The lowest BCUT2D eigenvalue weighted by Gasteiger charge is -2.38. The molecule has 2 N–H and O–H groups in total. The highest BCUT2D eigenvalue weighted by Crippen LogP contribution is 2.34. The summed E-state index contributed by atoms with van der Waals surface area (Å²) in [6, 6.07) is 17.7. The first-order valence-corrected chi connectivity index (χ1v) is 9.96. The van der Waals surface area contributed by atoms with E-state index >= 15 is 0 Å². The molecule has 0 aromatic heterocycles. The molecule has 1 aliphatic heterocycles. The molecule has 1 saturated heterocycles. The number of rotatable bonds is 6. The van der Waals surface area contributed by atoms with Crippen molar-refractivity contribution in [1.29, 1.82) is 0 Å². The number of aryl methyl sites for hydroxylation is 1. The smallest absolute Gasteiger partial charge is 0.317 e. The van der Waals surface area contributed by atoms with Crippen LogP contribution in [-0.2, 0) is 19.7 Å². The molecule has 0 saturated carbocycles. The third-order valence-corrected chi connectivity index (χ3v) is 5.55. The SMILES string of the molecule is CCOC(=O)C1(c2ccccc2)CC[NH+](CC(=O)Nc2ccc(C)cc2)CC1. The molecule has 0 unspecified atom stereocenters. The second-order valence-electron chi connectivity index (χ2n) is 7.51. The number of carbonyl (C=O) groups excluding carboxylic acids is 2. The molecule has 1 aliphatic rings. The minimum Gasteiger partial charge on any atom is -0.465 e. The van der Waals surface area contributed by atoms with E-state index in [0.717, 1.165) is 29.9 Å². The molecule has 0 spiro atoms. The summed E-state index contributed by atoms with van der Waals surface area (Å²) in [4.78, 5) is 26.4. The molecule has 2 aromatic rings. The monoisotopic (exact) mass is 381 g/mol. The van der Waals surface area contributed by atoms with Crippen LogP contribution in [0.15, 0.2) is 54.6 Å². The molecule has 0 bridgehead atoms. The van der Waals surface area contributed by atoms with Gasteiger partial charge in [0, 0.05) is 18.5 Å². The number of anilines is 1. The fourth-order valence-corrected chi connectivity index (χ4v) is 3.91. The van der Waals surface area contributed by atoms with E-state index in [-0.39, 0.29) is 11.9 Å². The number of carbonyl (C=O) groups is 2. The molecule has 148 valence electrons. The summed E-state index contributed by atoms with van der Waals surface area (Å²) in [7, 11) is 0. The Morgan fingerprint density at radius 2 is 1.68 bits per heavy atom. The van der Waals surface area contributed by atoms with Crippen LogP contribution in [-0.4, -0.2) is 38.1 Å². The number of amides is 1. The van der Waals surface area contributed by atoms with Crippen molar-refractivity contribution in [3.8, 4) is 0 Å². The summed E-state index contributed by atoms with van der Waals surface area (Å²) in [5.74, 6) is -0.147. The van der Waals surface area contributed by atoms with Crippen molar-refractivity contribution in [3.05, 3.63) is 65.7 Å². The number of hydrogen-bond acceptors (Lipinski definition) is 3. The first-order chi connectivity index (χ1) is 13.5. The van der Waals surface area contributed by atoms with Gasteiger partial charge in [-0.3, -0.25) is 9.59 Å². The van der Waals surface area contributed by atoms with Crippen LogP contribution >= 0.6 is 0 Å². The molecular formula is C23H29N2O3+. The molecular weight excluding hydrogens is 352 g/mol. The van der Waals surface area contributed by atoms with Gasteiger partial charge in [-0.2, -0.15) is 0 Å². The van der Waals surface area contributed by atoms with Gasteiger partial charge in [0.15, 0.2) is 6.54 Å². The number of esters is 1. The Morgan fingerprint density at radius 3 is 2.29 bits per heavy atom. The number of quaternary nitrogens is 1. The van der Waals surface area contributed by atoms with E-state index in [2.05, 4.69) is 5.32 Å². The van der Waals surface area contributed by atoms with Gasteiger partial charge in [-0.25, -0.2) is 0 Å². The van der Waals surface area contributed by atoms with Crippen molar-refractivity contribution in [3.63, 3.8) is 0 Å². The Labute approximate surface area is 166 Å². The lowest BCUT2D eigenvalue weighted by molar-refractivity contribution is -0.898. The van der Waals surface area contributed by atoms with Gasteiger partial charge in [0.25, 0.3) is 5.91 Å². The van der Waals surface area contributed by atoms with Crippen molar-refractivity contribution in [2.75, 3.05) is 31.6 Å². The summed E-state index contributed by atoms with van der Waals surface area (Å²) < 4.78 is 5.42. The van der Waals surface area contributed by atoms with E-state index in [1.807, 2.05) is 68.4 Å². The second kappa shape index (κ2) is 9.02. The zero-order valence-electron chi connectivity index (χ0n) is 16.7. The molecule has 1 heterocycles. The van der Waals surface area contributed by atoms with E-state index in [1.54, 1.807) is 0 Å². The normalized spacial score (nSPS) is 21.7. The van der Waals surface area contributed by atoms with Crippen molar-refractivity contribution in [2.24, 2.45) is 0 Å². The highest BCUT2D eigenvalue weighted by Gasteiger charge is 2.46. The number of benzene rings is 2. The second-order valence-corrected chi connectivity index (χ2v) is 7.51. The lowest BCUT2D eigenvalue weighted by Crippen LogP contribution is -3.14. The van der Waals surface area contributed by atoms with Crippen LogP contribution in [0.2, 0.25) is 0 Å². The van der Waals surface area contributed by atoms with Gasteiger partial charge in [-0.05, 0) is 31.5 Å². The first-order valence-electron chi connectivity index (χ1n) is 9.96. The summed E-state index contributed by atoms with van der Waals surface area (Å²) in [5.41, 5.74) is 2.39. The Morgan fingerprint density at radius 1 is 1.04 bits per heavy atom. The number of piperidine rings is 1. The van der Waals surface area contributed by atoms with Gasteiger partial charge in [0.05, 0.1) is 19.7 Å². The standard InChI is InChI=1S/C23H28N2O3/c1-3-28-22(27)23(19-7-5-4-6-8-19)13-15-25(16-14-23)17-21(26)24-20-11-9-18(2)10-12-20/h4-12H,3,13-17H2,1-2H3,(H,24,26)/p+1. The predicted molar refractivity (Wildman–Crippen MR) is 109 cm³/mol. The van der Waals surface area contributed by atoms with Crippen LogP contribution in [0, 0.1) is 6.92 Å². The average Bonchev–Trinajstić information content (AvgIpc) is 2.71. The molecule has 5 nitrogen and oxygen atoms in total. The Hall–Kier alpha value is -2.66. The van der Waals surface area contributed by atoms with E-state index < -0.39 is 5.41 Å². The van der Waals surface area contributed by atoms with Crippen LogP contribution in [0.3, 0.4) is 0 Å². The minimum absolute atomic E-state index is 0.00204. The molecule has 5 heteroatoms. The number of likely N-dealkylation sites (tertiary alicyclic amines) is 1. The summed E-state index contributed by atoms with van der Waals surface area (Å²) >= 11 is 0. The Kier molecular flexibility index (Phi) is 6.47. The third-order valence-electron chi connectivity index (χ3n) is 5.55. The predicted octanol–water partition coefficient (Wildman–Crippen LogP) is 2.11. The van der Waals surface area contributed by atoms with Crippen LogP contribution in [0.4, 0.5) is 5.69 Å². The molecule has 1 amide bonds. The minimum atomic E-state index is -0.603. The molecule has 1 fully saturated rings. The fraction of sp³-hybridized carbons (Fsp3) is 0.391. The van der Waals surface area contributed by atoms with E-state index in [4.69, 9.17) is 4.74 Å². The molecule has 2 aromatic carbocycles. The van der Waals surface area contributed by atoms with Crippen molar-refractivity contribution in [2.45, 2.75) is 32.1 Å². The fourth-order valence-electron chi connectivity index (χ4n) is 3.91. The molecule has 0 aliphatic carbocycles. The highest BCUT2D eigenvalue weighted by molar-refractivity contribution is 5.91. The van der Waals surface area contributed by atoms with Crippen LogP contribution in [0.1, 0.15) is 30.9 Å². The molecule has 0 atom stereocenters. The van der Waals surface area contributed by atoms with Gasteiger partial charge in [0.2, 0.25) is 0 Å². The maximum atomic E-state index is 12.8.